The number of aliphatic hydroxyl groups is 1. The molecule has 68 heavy (non-hydrogen) atoms. The summed E-state index contributed by atoms with van der Waals surface area (Å²) in [5.74, 6) is -5.86. The van der Waals surface area contributed by atoms with Crippen molar-refractivity contribution in [3.8, 4) is 11.1 Å². The van der Waals surface area contributed by atoms with Crippen molar-refractivity contribution in [1.82, 2.24) is 39.4 Å². The van der Waals surface area contributed by atoms with E-state index in [9.17, 15) is 24.3 Å². The number of amides is 5. The van der Waals surface area contributed by atoms with Crippen LogP contribution in [0.3, 0.4) is 0 Å². The Kier molecular flexibility index (Phi) is 11.1. The Morgan fingerprint density at radius 1 is 0.956 bits per heavy atom. The smallest absolute Gasteiger partial charge is 0.329 e. The summed E-state index contributed by atoms with van der Waals surface area (Å²) in [4.78, 5) is 67.1. The lowest BCUT2D eigenvalue weighted by molar-refractivity contribution is -0.149. The Hall–Kier alpha value is -6.64. The van der Waals surface area contributed by atoms with Gasteiger partial charge < -0.3 is 24.8 Å². The number of likely N-dealkylation sites (tertiary alicyclic amines) is 1. The van der Waals surface area contributed by atoms with E-state index in [0.717, 1.165) is 36.3 Å². The van der Waals surface area contributed by atoms with Crippen LogP contribution >= 0.6 is 11.3 Å². The number of nitrogens with one attached hydrogen (secondary N) is 2. The second-order valence-corrected chi connectivity index (χ2v) is 19.2. The molecule has 3 saturated heterocycles. The van der Waals surface area contributed by atoms with Crippen molar-refractivity contribution in [2.45, 2.75) is 75.7 Å². The van der Waals surface area contributed by atoms with Crippen LogP contribution in [0, 0.1) is 11.7 Å². The van der Waals surface area contributed by atoms with Crippen LogP contribution in [0.4, 0.5) is 34.6 Å². The zero-order valence-corrected chi connectivity index (χ0v) is 37.9. The molecule has 3 fully saturated rings. The van der Waals surface area contributed by atoms with Gasteiger partial charge in [0.15, 0.2) is 10.9 Å². The number of aryl methyl sites for hydroxylation is 2. The molecule has 11 rings (SSSR count). The minimum absolute atomic E-state index is 0.00278. The summed E-state index contributed by atoms with van der Waals surface area (Å²) in [6.45, 7) is 1.59. The fraction of sp³-hybridized carbons (Fsp3) is 0.396. The van der Waals surface area contributed by atoms with Crippen LogP contribution in [0.25, 0.3) is 22.0 Å². The molecule has 0 spiro atoms. The normalized spacial score (nSPS) is 21.3. The van der Waals surface area contributed by atoms with Gasteiger partial charge in [-0.2, -0.15) is 5.10 Å². The van der Waals surface area contributed by atoms with Crippen molar-refractivity contribution in [1.29, 1.82) is 0 Å². The minimum Gasteiger partial charge on any atom is -0.374 e. The lowest BCUT2D eigenvalue weighted by Gasteiger charge is -2.41. The Morgan fingerprint density at radius 2 is 1.76 bits per heavy atom. The second-order valence-electron chi connectivity index (χ2n) is 18.3. The number of hydrogen-bond acceptors (Lipinski definition) is 11. The number of piperidine rings is 2. The summed E-state index contributed by atoms with van der Waals surface area (Å²) in [6, 6.07) is 14.3. The monoisotopic (exact) mass is 947 g/mol. The molecule has 352 valence electrons. The topological polar surface area (TPSA) is 174 Å². The molecule has 8 heterocycles. The van der Waals surface area contributed by atoms with Crippen molar-refractivity contribution >= 4 is 62.6 Å². The van der Waals surface area contributed by atoms with Gasteiger partial charge in [0, 0.05) is 98.1 Å². The van der Waals surface area contributed by atoms with Crippen LogP contribution in [0.15, 0.2) is 72.5 Å². The highest BCUT2D eigenvalue weighted by Crippen LogP contribution is 2.45. The molecule has 6 aromatic rings. The number of nitrogens with zero attached hydrogens (tertiary/aromatic N) is 9. The molecule has 5 amide bonds. The Bertz CT molecular complexity index is 2970. The summed E-state index contributed by atoms with van der Waals surface area (Å²) in [7, 11) is 1.68. The largest absolute Gasteiger partial charge is 0.374 e. The summed E-state index contributed by atoms with van der Waals surface area (Å²) >= 11 is 1.28. The third kappa shape index (κ3) is 7.76. The molecule has 3 atom stereocenters. The number of urea groups is 1. The molecule has 0 radical (unpaired) electrons. The number of imide groups is 1. The van der Waals surface area contributed by atoms with E-state index in [4.69, 9.17) is 0 Å². The number of halogens is 3. The predicted molar refractivity (Wildman–Crippen MR) is 246 cm³/mol. The first-order valence-electron chi connectivity index (χ1n) is 22.9. The number of rotatable bonds is 9. The number of aliphatic hydroxyl groups excluding tert-OH is 1. The number of anilines is 3. The van der Waals surface area contributed by atoms with Crippen LogP contribution in [0.1, 0.15) is 78.4 Å². The van der Waals surface area contributed by atoms with Crippen molar-refractivity contribution in [2.24, 2.45) is 13.0 Å². The van der Waals surface area contributed by atoms with Gasteiger partial charge in [0.25, 0.3) is 5.92 Å². The van der Waals surface area contributed by atoms with Crippen LogP contribution in [0.5, 0.6) is 0 Å². The number of thiazole rings is 1. The van der Waals surface area contributed by atoms with Gasteiger partial charge in [-0.15, -0.1) is 11.3 Å². The average Bonchev–Trinajstić information content (AvgIpc) is 4.19. The number of alkyl halides is 2. The van der Waals surface area contributed by atoms with Crippen LogP contribution in [-0.2, 0) is 40.9 Å². The highest BCUT2D eigenvalue weighted by atomic mass is 32.1. The second kappa shape index (κ2) is 17.2. The summed E-state index contributed by atoms with van der Waals surface area (Å²) < 4.78 is 51.6. The first kappa shape index (κ1) is 43.9. The molecule has 0 saturated carbocycles. The summed E-state index contributed by atoms with van der Waals surface area (Å²) in [5, 5.41) is 24.2. The van der Waals surface area contributed by atoms with Gasteiger partial charge in [-0.05, 0) is 85.2 Å². The zero-order valence-electron chi connectivity index (χ0n) is 37.1. The fourth-order valence-corrected chi connectivity index (χ4v) is 11.3. The Morgan fingerprint density at radius 3 is 2.51 bits per heavy atom. The Labute approximate surface area is 392 Å². The standard InChI is InChI=1S/C48H48F3N11O5S/c1-57-38-23-29(6-9-32(38)42(56-57)61-19-13-39(63)54-47(61)67)35-12-18-59(25-48(35,50)51)44(65)28-10-16-58(17-11-28)31-7-4-27(5-8-31)30-21-33-34(36(49)22-30)24-62(45(33)66)41(43(64)55-46-52-14-20-68-46)40-37-3-2-15-60(37)26-53-40/h4-9,14,20-23,26,28,35,41,45,66H,2-3,10-13,15-19,24-25H2,1H3,(H,52,55,64)(H,54,63,67). The molecular weight excluding hydrogens is 900 g/mol. The third-order valence-corrected chi connectivity index (χ3v) is 15.0. The van der Waals surface area contributed by atoms with E-state index in [-0.39, 0.29) is 44.3 Å². The van der Waals surface area contributed by atoms with E-state index < -0.39 is 54.3 Å². The summed E-state index contributed by atoms with van der Waals surface area (Å²) in [6.07, 6.45) is 4.91. The number of benzene rings is 3. The molecule has 3 aromatic carbocycles. The van der Waals surface area contributed by atoms with Crippen molar-refractivity contribution in [2.75, 3.05) is 47.8 Å². The van der Waals surface area contributed by atoms with E-state index in [2.05, 4.69) is 30.6 Å². The number of hydrogen-bond donors (Lipinski definition) is 3. The maximum absolute atomic E-state index is 16.0. The first-order chi connectivity index (χ1) is 32.8. The predicted octanol–water partition coefficient (Wildman–Crippen LogP) is 6.48. The average molecular weight is 948 g/mol. The lowest BCUT2D eigenvalue weighted by atomic mass is 9.84. The molecule has 5 aliphatic heterocycles. The van der Waals surface area contributed by atoms with Crippen LogP contribution in [0.2, 0.25) is 0 Å². The van der Waals surface area contributed by atoms with Gasteiger partial charge in [0.05, 0.1) is 30.0 Å². The molecule has 3 N–H and O–H groups in total. The lowest BCUT2D eigenvalue weighted by Crippen LogP contribution is -2.52. The molecule has 16 nitrogen and oxygen atoms in total. The molecular formula is C48H48F3N11O5S. The van der Waals surface area contributed by atoms with Crippen molar-refractivity contribution < 1.29 is 37.5 Å². The number of fused-ring (bicyclic) bond motifs is 3. The maximum Gasteiger partial charge on any atom is 0.329 e. The molecule has 0 bridgehead atoms. The fourth-order valence-electron chi connectivity index (χ4n) is 10.8. The van der Waals surface area contributed by atoms with Crippen molar-refractivity contribution in [3.05, 3.63) is 106 Å². The maximum atomic E-state index is 16.0. The van der Waals surface area contributed by atoms with Gasteiger partial charge >= 0.3 is 6.03 Å². The highest BCUT2D eigenvalue weighted by Gasteiger charge is 2.48. The van der Waals surface area contributed by atoms with Crippen LogP contribution < -0.4 is 20.4 Å². The van der Waals surface area contributed by atoms with E-state index >= 15 is 13.2 Å². The molecule has 3 unspecified atom stereocenters. The van der Waals surface area contributed by atoms with Gasteiger partial charge in [0.2, 0.25) is 17.7 Å². The van der Waals surface area contributed by atoms with E-state index in [1.807, 2.05) is 28.8 Å². The van der Waals surface area contributed by atoms with Gasteiger partial charge in [-0.3, -0.25) is 34.2 Å². The zero-order chi connectivity index (χ0) is 47.0. The first-order valence-corrected chi connectivity index (χ1v) is 23.8. The van der Waals surface area contributed by atoms with E-state index in [1.165, 1.54) is 27.2 Å². The molecule has 20 heteroatoms. The van der Waals surface area contributed by atoms with Gasteiger partial charge in [-0.25, -0.2) is 27.9 Å². The van der Waals surface area contributed by atoms with Crippen LogP contribution in [-0.4, -0.2) is 102 Å². The Balaban J connectivity index is 0.725. The molecule has 0 aliphatic carbocycles. The van der Waals surface area contributed by atoms with Gasteiger partial charge in [0.1, 0.15) is 18.1 Å². The third-order valence-electron chi connectivity index (χ3n) is 14.3. The highest BCUT2D eigenvalue weighted by molar-refractivity contribution is 7.13. The van der Waals surface area contributed by atoms with Crippen molar-refractivity contribution in [3.63, 3.8) is 0 Å². The molecule has 5 aliphatic rings. The van der Waals surface area contributed by atoms with E-state index in [1.54, 1.807) is 58.8 Å². The number of imidazole rings is 1. The minimum atomic E-state index is -3.18. The molecule has 3 aromatic heterocycles. The SMILES string of the molecule is Cn1nc(N2CCC(=O)NC2=O)c2ccc(C3CCN(C(=O)C4CCN(c5ccc(-c6cc(F)c7c(c6)C(O)N(C(C(=O)Nc6nccs6)c6ncn8c6CCC8)C7)cc5)CC4)CC3(F)F)cc21. The van der Waals surface area contributed by atoms with Gasteiger partial charge in [-0.1, -0.05) is 18.2 Å². The number of aromatic nitrogens is 5. The number of carbonyl (C=O) groups is 4. The summed E-state index contributed by atoms with van der Waals surface area (Å²) in [5.41, 5.74) is 5.38. The van der Waals surface area contributed by atoms with E-state index in [0.29, 0.717) is 75.7 Å². The number of carbonyl (C=O) groups excluding carboxylic acids is 4. The quantitative estimate of drug-likeness (QED) is 0.146.